The first kappa shape index (κ1) is 41.4. The molecule has 1 aromatic rings. The number of nitrogens with one attached hydrogen (secondary N) is 1. The first-order valence-electron chi connectivity index (χ1n) is 21.2. The molecule has 4 aliphatic rings. The van der Waals surface area contributed by atoms with Crippen molar-refractivity contribution in [2.75, 3.05) is 41.4 Å². The zero-order valence-corrected chi connectivity index (χ0v) is 34.8. The zero-order valence-electron chi connectivity index (χ0n) is 34.8. The Hall–Kier alpha value is -1.79. The van der Waals surface area contributed by atoms with E-state index in [0.717, 1.165) is 89.2 Å². The van der Waals surface area contributed by atoms with Crippen molar-refractivity contribution in [3.63, 3.8) is 0 Å². The van der Waals surface area contributed by atoms with E-state index in [1.165, 1.54) is 38.5 Å². The van der Waals surface area contributed by atoms with Gasteiger partial charge in [0.05, 0.1) is 18.8 Å². The van der Waals surface area contributed by atoms with E-state index in [1.54, 1.807) is 0 Å². The fourth-order valence-electron chi connectivity index (χ4n) is 10.3. The van der Waals surface area contributed by atoms with Gasteiger partial charge in [-0.05, 0) is 120 Å². The quantitative estimate of drug-likeness (QED) is 0.182. The van der Waals surface area contributed by atoms with E-state index in [-0.39, 0.29) is 40.8 Å². The van der Waals surface area contributed by atoms with Gasteiger partial charge >= 0.3 is 0 Å². The Kier molecular flexibility index (Phi) is 13.8. The third kappa shape index (κ3) is 9.89. The molecule has 4 fully saturated rings. The molecular weight excluding hydrogens is 653 g/mol. The van der Waals surface area contributed by atoms with E-state index < -0.39 is 0 Å². The minimum Gasteiger partial charge on any atom is -0.395 e. The molecule has 2 aliphatic heterocycles. The van der Waals surface area contributed by atoms with Crippen molar-refractivity contribution in [3.05, 3.63) is 0 Å². The van der Waals surface area contributed by atoms with Gasteiger partial charge in [-0.15, -0.1) is 0 Å². The van der Waals surface area contributed by atoms with Gasteiger partial charge in [0.25, 0.3) is 0 Å². The Morgan fingerprint density at radius 1 is 0.615 bits per heavy atom. The van der Waals surface area contributed by atoms with Crippen molar-refractivity contribution < 1.29 is 14.8 Å². The lowest BCUT2D eigenvalue weighted by Crippen LogP contribution is -2.65. The lowest BCUT2D eigenvalue weighted by atomic mass is 9.78. The molecule has 0 amide bonds. The minimum absolute atomic E-state index is 0.0113. The number of nitrogens with zero attached hydrogens (tertiary/aromatic N) is 7. The number of hydrogen-bond acceptors (Lipinski definition) is 11. The predicted molar refractivity (Wildman–Crippen MR) is 213 cm³/mol. The van der Waals surface area contributed by atoms with Crippen LogP contribution in [0.5, 0.6) is 0 Å². The van der Waals surface area contributed by atoms with Crippen LogP contribution >= 0.6 is 0 Å². The highest BCUT2D eigenvalue weighted by molar-refractivity contribution is 5.47. The first-order valence-corrected chi connectivity index (χ1v) is 21.2. The van der Waals surface area contributed by atoms with Crippen molar-refractivity contribution in [2.24, 2.45) is 0 Å². The number of aliphatic hydroxyl groups excluding tert-OH is 1. The van der Waals surface area contributed by atoms with Crippen LogP contribution in [-0.4, -0.2) is 103 Å². The lowest BCUT2D eigenvalue weighted by molar-refractivity contribution is -0.310. The van der Waals surface area contributed by atoms with E-state index in [4.69, 9.17) is 24.6 Å². The molecule has 2 aliphatic carbocycles. The number of aliphatic hydroxyl groups is 1. The van der Waals surface area contributed by atoms with Crippen molar-refractivity contribution in [1.82, 2.24) is 25.1 Å². The van der Waals surface area contributed by atoms with E-state index in [0.29, 0.717) is 24.7 Å². The van der Waals surface area contributed by atoms with E-state index in [9.17, 15) is 5.11 Å². The van der Waals surface area contributed by atoms with E-state index in [2.05, 4.69) is 94.5 Å². The molecule has 0 spiro atoms. The molecule has 0 bridgehead atoms. The van der Waals surface area contributed by atoms with Crippen LogP contribution in [0.2, 0.25) is 0 Å². The standard InChI is InChI=1S/C41H76N8O3/c1-11-24-46(31-27-38(3,4)48(39(5,6)28-31)51-33-19-15-13-16-20-33)36-43-35(42-23-26-50)44-37(45-36)47(25-12-2)32-29-40(7,8)49(41(9,10)30-32)52-34-21-17-14-18-22-34/h31-34,50H,11-30H2,1-10H3,(H,42,43,44,45). The summed E-state index contributed by atoms with van der Waals surface area (Å²) in [5.74, 6) is 1.98. The van der Waals surface area contributed by atoms with Crippen LogP contribution in [-0.2, 0) is 9.68 Å². The van der Waals surface area contributed by atoms with Crippen LogP contribution in [0.15, 0.2) is 0 Å². The normalized spacial score (nSPS) is 24.9. The van der Waals surface area contributed by atoms with Crippen LogP contribution in [0.25, 0.3) is 0 Å². The highest BCUT2D eigenvalue weighted by atomic mass is 16.7. The third-order valence-corrected chi connectivity index (χ3v) is 12.1. The minimum atomic E-state index is -0.164. The smallest absolute Gasteiger partial charge is 0.232 e. The summed E-state index contributed by atoms with van der Waals surface area (Å²) >= 11 is 0. The molecule has 2 saturated carbocycles. The van der Waals surface area contributed by atoms with Gasteiger partial charge in [-0.1, -0.05) is 52.4 Å². The largest absolute Gasteiger partial charge is 0.395 e. The second-order valence-electron chi connectivity index (χ2n) is 19.0. The van der Waals surface area contributed by atoms with Gasteiger partial charge in [0, 0.05) is 53.9 Å². The molecule has 1 aromatic heterocycles. The van der Waals surface area contributed by atoms with Gasteiger partial charge < -0.3 is 20.2 Å². The number of piperidine rings is 2. The number of hydroxylamine groups is 4. The summed E-state index contributed by atoms with van der Waals surface area (Å²) in [6.07, 6.45) is 18.7. The maximum absolute atomic E-state index is 9.79. The van der Waals surface area contributed by atoms with Gasteiger partial charge in [0.2, 0.25) is 17.8 Å². The zero-order chi connectivity index (χ0) is 37.7. The average Bonchev–Trinajstić information content (AvgIpc) is 3.08. The SMILES string of the molecule is CCCN(c1nc(NCCO)nc(N(CCC)C2CC(C)(C)N(OC3CCCCC3)C(C)(C)C2)n1)C1CC(C)(C)N(OC2CCCCC2)C(C)(C)C1. The summed E-state index contributed by atoms with van der Waals surface area (Å²) in [7, 11) is 0. The summed E-state index contributed by atoms with van der Waals surface area (Å²) < 4.78 is 0. The fourth-order valence-corrected chi connectivity index (χ4v) is 10.3. The molecule has 52 heavy (non-hydrogen) atoms. The molecule has 5 rings (SSSR count). The van der Waals surface area contributed by atoms with E-state index in [1.807, 2.05) is 0 Å². The second-order valence-corrected chi connectivity index (χ2v) is 19.0. The van der Waals surface area contributed by atoms with Crippen molar-refractivity contribution in [2.45, 2.75) is 218 Å². The Labute approximate surface area is 316 Å². The number of hydrogen-bond donors (Lipinski definition) is 2. The molecular formula is C41H76N8O3. The summed E-state index contributed by atoms with van der Waals surface area (Å²) in [6.45, 7) is 25.4. The van der Waals surface area contributed by atoms with Gasteiger partial charge in [-0.3, -0.25) is 9.68 Å². The molecule has 0 unspecified atom stereocenters. The maximum atomic E-state index is 9.79. The topological polar surface area (TPSA) is 102 Å². The molecule has 0 aromatic carbocycles. The van der Waals surface area contributed by atoms with Gasteiger partial charge in [0.15, 0.2) is 0 Å². The van der Waals surface area contributed by atoms with Crippen molar-refractivity contribution in [3.8, 4) is 0 Å². The summed E-state index contributed by atoms with van der Waals surface area (Å²) in [6, 6.07) is 0.463. The first-order chi connectivity index (χ1) is 24.6. The Morgan fingerprint density at radius 2 is 0.981 bits per heavy atom. The van der Waals surface area contributed by atoms with E-state index >= 15 is 0 Å². The van der Waals surface area contributed by atoms with Crippen LogP contribution in [0.4, 0.5) is 17.8 Å². The van der Waals surface area contributed by atoms with Crippen molar-refractivity contribution in [1.29, 1.82) is 0 Å². The van der Waals surface area contributed by atoms with Gasteiger partial charge in [-0.25, -0.2) is 0 Å². The maximum Gasteiger partial charge on any atom is 0.232 e. The fraction of sp³-hybridized carbons (Fsp3) is 0.927. The van der Waals surface area contributed by atoms with Gasteiger partial charge in [0.1, 0.15) is 0 Å². The van der Waals surface area contributed by atoms with Crippen LogP contribution < -0.4 is 15.1 Å². The summed E-state index contributed by atoms with van der Waals surface area (Å²) in [4.78, 5) is 34.2. The molecule has 0 atom stereocenters. The van der Waals surface area contributed by atoms with Crippen molar-refractivity contribution >= 4 is 17.8 Å². The number of aromatic nitrogens is 3. The second kappa shape index (κ2) is 17.3. The Morgan fingerprint density at radius 3 is 1.31 bits per heavy atom. The van der Waals surface area contributed by atoms with Gasteiger partial charge in [-0.2, -0.15) is 25.1 Å². The van der Waals surface area contributed by atoms with Crippen LogP contribution in [0.3, 0.4) is 0 Å². The Balaban J connectivity index is 1.45. The highest BCUT2D eigenvalue weighted by Gasteiger charge is 2.51. The number of rotatable bonds is 15. The predicted octanol–water partition coefficient (Wildman–Crippen LogP) is 8.28. The number of anilines is 3. The molecule has 11 nitrogen and oxygen atoms in total. The molecule has 2 N–H and O–H groups in total. The molecule has 0 radical (unpaired) electrons. The monoisotopic (exact) mass is 729 g/mol. The molecule has 11 heteroatoms. The Bertz CT molecular complexity index is 1140. The van der Waals surface area contributed by atoms with Crippen LogP contribution in [0.1, 0.15) is 172 Å². The summed E-state index contributed by atoms with van der Waals surface area (Å²) in [5.41, 5.74) is -0.656. The van der Waals surface area contributed by atoms with Crippen LogP contribution in [0, 0.1) is 0 Å². The lowest BCUT2D eigenvalue weighted by Gasteiger charge is -2.57. The summed E-state index contributed by atoms with van der Waals surface area (Å²) in [5, 5.41) is 17.8. The average molecular weight is 729 g/mol. The molecule has 298 valence electrons. The molecule has 2 saturated heterocycles. The molecule has 3 heterocycles. The highest BCUT2D eigenvalue weighted by Crippen LogP contribution is 2.45. The third-order valence-electron chi connectivity index (χ3n) is 12.1.